The first-order valence-electron chi connectivity index (χ1n) is 2.02. The summed E-state index contributed by atoms with van der Waals surface area (Å²) < 4.78 is 18.6. The van der Waals surface area contributed by atoms with Crippen LogP contribution in [0.5, 0.6) is 0 Å². The van der Waals surface area contributed by atoms with Crippen molar-refractivity contribution in [1.29, 1.82) is 0 Å². The molecule has 6 heteroatoms. The normalized spacial score (nSPS) is 13.6. The molecule has 0 radical (unpaired) electrons. The van der Waals surface area contributed by atoms with Crippen LogP contribution < -0.4 is 0 Å². The van der Waals surface area contributed by atoms with Gasteiger partial charge in [0.1, 0.15) is 0 Å². The molecule has 0 bridgehead atoms. The third-order valence-corrected chi connectivity index (χ3v) is 1.49. The van der Waals surface area contributed by atoms with Crippen molar-refractivity contribution in [2.75, 3.05) is 0 Å². The molecule has 0 amide bonds. The van der Waals surface area contributed by atoms with Crippen LogP contribution in [0, 0.1) is 0 Å². The fraction of sp³-hybridized carbons (Fsp3) is 0. The van der Waals surface area contributed by atoms with Gasteiger partial charge in [-0.15, -0.1) is 0 Å². The van der Waals surface area contributed by atoms with E-state index in [-0.39, 0.29) is 10.2 Å². The van der Waals surface area contributed by atoms with Crippen LogP contribution in [0.25, 0.3) is 0 Å². The summed E-state index contributed by atoms with van der Waals surface area (Å²) in [5.74, 6) is 0. The number of nitrogens with zero attached hydrogens (tertiary/aromatic N) is 1. The number of hydrogen-bond donors (Lipinski definition) is 2. The van der Waals surface area contributed by atoms with Gasteiger partial charge in [0.05, 0.1) is 0 Å². The van der Waals surface area contributed by atoms with Crippen molar-refractivity contribution in [3.63, 3.8) is 0 Å². The Labute approximate surface area is 58.5 Å². The van der Waals surface area contributed by atoms with E-state index in [1.165, 1.54) is 6.07 Å². The smallest absolute Gasteiger partial charge is 0.205 e. The Morgan fingerprint density at radius 2 is 2.56 bits per heavy atom. The fourth-order valence-corrected chi connectivity index (χ4v) is 0.923. The minimum absolute atomic E-state index is 0.111. The highest BCUT2D eigenvalue weighted by molar-refractivity contribution is 7.79. The summed E-state index contributed by atoms with van der Waals surface area (Å²) in [4.78, 5) is 0. The highest BCUT2D eigenvalue weighted by atomic mass is 35.5. The zero-order valence-electron chi connectivity index (χ0n) is 4.17. The van der Waals surface area contributed by atoms with E-state index in [1.807, 2.05) is 0 Å². The van der Waals surface area contributed by atoms with Crippen LogP contribution in [-0.4, -0.2) is 19.0 Å². The van der Waals surface area contributed by atoms with Gasteiger partial charge in [0.15, 0.2) is 10.2 Å². The van der Waals surface area contributed by atoms with E-state index in [0.29, 0.717) is 0 Å². The molecule has 0 aliphatic rings. The average Bonchev–Trinajstić information content (AvgIpc) is 2.14. The second kappa shape index (κ2) is 2.47. The molecule has 9 heavy (non-hydrogen) atoms. The molecular formula is C3H3ClN2O2S. The van der Waals surface area contributed by atoms with Crippen LogP contribution in [0.2, 0.25) is 5.15 Å². The standard InChI is InChI=1S/C3H3ClN2O2S/c4-2-1-3(6-5-2)9(7)8/h1H,(H,5,6)(H,7,8). The van der Waals surface area contributed by atoms with Gasteiger partial charge in [0, 0.05) is 6.07 Å². The second-order valence-electron chi connectivity index (χ2n) is 1.30. The average molecular weight is 167 g/mol. The molecule has 1 unspecified atom stereocenters. The van der Waals surface area contributed by atoms with Crippen molar-refractivity contribution in [2.45, 2.75) is 5.03 Å². The molecule has 1 aromatic heterocycles. The van der Waals surface area contributed by atoms with Gasteiger partial charge in [-0.2, -0.15) is 5.10 Å². The van der Waals surface area contributed by atoms with E-state index >= 15 is 0 Å². The molecule has 0 fully saturated rings. The third kappa shape index (κ3) is 1.51. The Bertz CT molecular complexity index is 235. The summed E-state index contributed by atoms with van der Waals surface area (Å²) in [6.45, 7) is 0. The summed E-state index contributed by atoms with van der Waals surface area (Å²) >= 11 is 3.31. The summed E-state index contributed by atoms with van der Waals surface area (Å²) in [7, 11) is 0. The first-order chi connectivity index (χ1) is 4.20. The predicted octanol–water partition coefficient (Wildman–Crippen LogP) is 0.644. The Morgan fingerprint density at radius 1 is 1.89 bits per heavy atom. The molecule has 0 spiro atoms. The minimum Gasteiger partial charge on any atom is -0.301 e. The van der Waals surface area contributed by atoms with Crippen molar-refractivity contribution >= 4 is 22.7 Å². The van der Waals surface area contributed by atoms with Gasteiger partial charge in [0.25, 0.3) is 0 Å². The number of aromatic amines is 1. The topological polar surface area (TPSA) is 66.0 Å². The lowest BCUT2D eigenvalue weighted by atomic mass is 10.7. The van der Waals surface area contributed by atoms with Crippen LogP contribution in [0.15, 0.2) is 11.1 Å². The third-order valence-electron chi connectivity index (χ3n) is 0.711. The molecule has 1 atom stereocenters. The molecule has 0 aliphatic heterocycles. The Morgan fingerprint density at radius 3 is 2.78 bits per heavy atom. The van der Waals surface area contributed by atoms with Crippen molar-refractivity contribution in [3.8, 4) is 0 Å². The van der Waals surface area contributed by atoms with E-state index in [4.69, 9.17) is 16.2 Å². The zero-order chi connectivity index (χ0) is 6.85. The number of aromatic nitrogens is 2. The summed E-state index contributed by atoms with van der Waals surface area (Å²) in [6, 6.07) is 1.29. The lowest BCUT2D eigenvalue weighted by molar-refractivity contribution is 0.560. The molecule has 0 saturated heterocycles. The van der Waals surface area contributed by atoms with Crippen molar-refractivity contribution in [3.05, 3.63) is 11.2 Å². The van der Waals surface area contributed by atoms with Gasteiger partial charge in [-0.25, -0.2) is 4.21 Å². The largest absolute Gasteiger partial charge is 0.301 e. The predicted molar refractivity (Wildman–Crippen MR) is 32.6 cm³/mol. The highest BCUT2D eigenvalue weighted by Crippen LogP contribution is 2.06. The first kappa shape index (κ1) is 6.73. The van der Waals surface area contributed by atoms with Gasteiger partial charge < -0.3 is 4.55 Å². The summed E-state index contributed by atoms with van der Waals surface area (Å²) in [5, 5.41) is 6.00. The maximum Gasteiger partial charge on any atom is 0.205 e. The molecule has 1 aromatic rings. The van der Waals surface area contributed by atoms with Gasteiger partial charge in [-0.3, -0.25) is 5.10 Å². The van der Waals surface area contributed by atoms with Crippen molar-refractivity contribution < 1.29 is 8.76 Å². The number of halogens is 1. The van der Waals surface area contributed by atoms with E-state index in [1.54, 1.807) is 0 Å². The molecule has 50 valence electrons. The van der Waals surface area contributed by atoms with E-state index in [9.17, 15) is 4.21 Å². The van der Waals surface area contributed by atoms with Crippen LogP contribution >= 0.6 is 11.6 Å². The molecule has 4 nitrogen and oxygen atoms in total. The molecule has 0 aromatic carbocycles. The number of nitrogens with one attached hydrogen (secondary N) is 1. The highest BCUT2D eigenvalue weighted by Gasteiger charge is 2.01. The van der Waals surface area contributed by atoms with Crippen molar-refractivity contribution in [1.82, 2.24) is 10.2 Å². The monoisotopic (exact) mass is 166 g/mol. The number of hydrogen-bond acceptors (Lipinski definition) is 2. The zero-order valence-corrected chi connectivity index (χ0v) is 5.74. The first-order valence-corrected chi connectivity index (χ1v) is 3.50. The van der Waals surface area contributed by atoms with Crippen LogP contribution in [-0.2, 0) is 11.1 Å². The Balaban J connectivity index is 2.98. The maximum atomic E-state index is 10.2. The Kier molecular flexibility index (Phi) is 1.84. The van der Waals surface area contributed by atoms with Crippen LogP contribution in [0.1, 0.15) is 0 Å². The van der Waals surface area contributed by atoms with E-state index in [0.717, 1.165) is 0 Å². The second-order valence-corrected chi connectivity index (χ2v) is 2.63. The quantitative estimate of drug-likeness (QED) is 0.602. The summed E-state index contributed by atoms with van der Waals surface area (Å²) in [5.41, 5.74) is 0. The van der Waals surface area contributed by atoms with E-state index in [2.05, 4.69) is 10.2 Å². The van der Waals surface area contributed by atoms with Crippen LogP contribution in [0.4, 0.5) is 0 Å². The molecule has 0 saturated carbocycles. The molecule has 0 aliphatic carbocycles. The van der Waals surface area contributed by atoms with Gasteiger partial charge in [-0.05, 0) is 0 Å². The summed E-state index contributed by atoms with van der Waals surface area (Å²) in [6.07, 6.45) is 0. The molecule has 1 rings (SSSR count). The SMILES string of the molecule is O=S(O)c1cc(Cl)n[nH]1. The fourth-order valence-electron chi connectivity index (χ4n) is 0.371. The van der Waals surface area contributed by atoms with E-state index < -0.39 is 11.1 Å². The lowest BCUT2D eigenvalue weighted by Crippen LogP contribution is -1.86. The van der Waals surface area contributed by atoms with Gasteiger partial charge in [0.2, 0.25) is 11.1 Å². The lowest BCUT2D eigenvalue weighted by Gasteiger charge is -1.80. The van der Waals surface area contributed by atoms with Gasteiger partial charge >= 0.3 is 0 Å². The molecule has 2 N–H and O–H groups in total. The van der Waals surface area contributed by atoms with Crippen molar-refractivity contribution in [2.24, 2.45) is 0 Å². The van der Waals surface area contributed by atoms with Crippen LogP contribution in [0.3, 0.4) is 0 Å². The van der Waals surface area contributed by atoms with Gasteiger partial charge in [-0.1, -0.05) is 11.6 Å². The molecule has 1 heterocycles. The number of H-pyrrole nitrogens is 1. The Hall–Kier alpha value is -0.390. The number of rotatable bonds is 1. The maximum absolute atomic E-state index is 10.2. The molecular weight excluding hydrogens is 164 g/mol. The minimum atomic E-state index is -2.01.